The molecule has 1 N–H and O–H groups in total. The number of benzene rings is 2. The molecular formula is C24H22F2N4OS. The maximum absolute atomic E-state index is 13.5. The molecule has 0 bridgehead atoms. The van der Waals surface area contributed by atoms with E-state index in [2.05, 4.69) is 19.8 Å². The number of aromatic nitrogens is 2. The van der Waals surface area contributed by atoms with Gasteiger partial charge in [0.15, 0.2) is 0 Å². The zero-order valence-electron chi connectivity index (χ0n) is 17.3. The maximum Gasteiger partial charge on any atom is 0.268 e. The number of fused-ring (bicyclic) bond motifs is 1. The number of nitrogens with one attached hydrogen (secondary N) is 1. The van der Waals surface area contributed by atoms with Gasteiger partial charge < -0.3 is 4.98 Å². The summed E-state index contributed by atoms with van der Waals surface area (Å²) in [4.78, 5) is 24.3. The molecule has 5 rings (SSSR count). The van der Waals surface area contributed by atoms with Gasteiger partial charge in [-0.05, 0) is 46.8 Å². The molecule has 0 saturated carbocycles. The number of piperazine rings is 1. The van der Waals surface area contributed by atoms with E-state index in [-0.39, 0.29) is 23.2 Å². The highest BCUT2D eigenvalue weighted by atomic mass is 32.1. The van der Waals surface area contributed by atoms with Crippen LogP contribution in [-0.2, 0) is 6.54 Å². The van der Waals surface area contributed by atoms with Crippen molar-refractivity contribution < 1.29 is 8.78 Å². The molecule has 1 saturated heterocycles. The topological polar surface area (TPSA) is 52.2 Å². The van der Waals surface area contributed by atoms with Gasteiger partial charge in [0.25, 0.3) is 5.56 Å². The van der Waals surface area contributed by atoms with E-state index in [0.717, 1.165) is 42.8 Å². The summed E-state index contributed by atoms with van der Waals surface area (Å²) in [6.45, 7) is 3.73. The van der Waals surface area contributed by atoms with Crippen LogP contribution >= 0.6 is 11.3 Å². The number of nitrogens with zero attached hydrogens (tertiary/aromatic N) is 3. The minimum absolute atomic E-state index is 0.0848. The van der Waals surface area contributed by atoms with Crippen LogP contribution in [-0.4, -0.2) is 45.9 Å². The Bertz CT molecular complexity index is 1220. The van der Waals surface area contributed by atoms with E-state index in [1.807, 2.05) is 11.4 Å². The van der Waals surface area contributed by atoms with Crippen molar-refractivity contribution in [2.75, 3.05) is 26.2 Å². The Kier molecular flexibility index (Phi) is 5.82. The highest BCUT2D eigenvalue weighted by Gasteiger charge is 2.27. The summed E-state index contributed by atoms with van der Waals surface area (Å²) >= 11 is 1.40. The lowest BCUT2D eigenvalue weighted by atomic mass is 9.96. The third kappa shape index (κ3) is 4.34. The lowest BCUT2D eigenvalue weighted by Crippen LogP contribution is -2.47. The number of hydrogen-bond donors (Lipinski definition) is 1. The molecule has 0 aliphatic carbocycles. The highest BCUT2D eigenvalue weighted by molar-refractivity contribution is 7.17. The first-order valence-corrected chi connectivity index (χ1v) is 11.4. The van der Waals surface area contributed by atoms with Gasteiger partial charge in [-0.1, -0.05) is 24.3 Å². The van der Waals surface area contributed by atoms with Crippen molar-refractivity contribution in [3.63, 3.8) is 0 Å². The Morgan fingerprint density at radius 3 is 2.09 bits per heavy atom. The molecule has 1 aliphatic rings. The molecular weight excluding hydrogens is 430 g/mol. The molecule has 0 unspecified atom stereocenters. The average Bonchev–Trinajstić information content (AvgIpc) is 3.27. The highest BCUT2D eigenvalue weighted by Crippen LogP contribution is 2.30. The van der Waals surface area contributed by atoms with Crippen LogP contribution in [0.15, 0.2) is 64.8 Å². The van der Waals surface area contributed by atoms with Crippen LogP contribution in [0.5, 0.6) is 0 Å². The minimum Gasteiger partial charge on any atom is -0.308 e. The van der Waals surface area contributed by atoms with Crippen molar-refractivity contribution in [3.8, 4) is 0 Å². The summed E-state index contributed by atoms with van der Waals surface area (Å²) in [5.74, 6) is 0.115. The predicted octanol–water partition coefficient (Wildman–Crippen LogP) is 4.17. The minimum atomic E-state index is -0.277. The van der Waals surface area contributed by atoms with Gasteiger partial charge in [0.2, 0.25) is 0 Å². The first-order valence-electron chi connectivity index (χ1n) is 10.5. The van der Waals surface area contributed by atoms with Crippen molar-refractivity contribution >= 4 is 21.6 Å². The Balaban J connectivity index is 1.33. The van der Waals surface area contributed by atoms with Gasteiger partial charge in [-0.2, -0.15) is 0 Å². The van der Waals surface area contributed by atoms with Crippen molar-refractivity contribution in [2.45, 2.75) is 12.6 Å². The molecule has 5 nitrogen and oxygen atoms in total. The van der Waals surface area contributed by atoms with E-state index in [4.69, 9.17) is 0 Å². The van der Waals surface area contributed by atoms with Crippen molar-refractivity contribution in [2.24, 2.45) is 0 Å². The lowest BCUT2D eigenvalue weighted by Gasteiger charge is -2.39. The number of halogens is 2. The van der Waals surface area contributed by atoms with E-state index >= 15 is 0 Å². The molecule has 0 amide bonds. The summed E-state index contributed by atoms with van der Waals surface area (Å²) in [6.07, 6.45) is 0. The fourth-order valence-corrected chi connectivity index (χ4v) is 5.02. The summed E-state index contributed by atoms with van der Waals surface area (Å²) in [5, 5.41) is 1.88. The second-order valence-corrected chi connectivity index (χ2v) is 8.88. The fraction of sp³-hybridized carbons (Fsp3) is 0.250. The van der Waals surface area contributed by atoms with E-state index < -0.39 is 0 Å². The Morgan fingerprint density at radius 2 is 1.50 bits per heavy atom. The van der Waals surface area contributed by atoms with Gasteiger partial charge >= 0.3 is 0 Å². The third-order valence-electron chi connectivity index (χ3n) is 5.88. The molecule has 2 aromatic carbocycles. The van der Waals surface area contributed by atoms with Crippen LogP contribution in [0, 0.1) is 11.6 Å². The summed E-state index contributed by atoms with van der Waals surface area (Å²) < 4.78 is 27.7. The first-order chi connectivity index (χ1) is 15.6. The molecule has 0 spiro atoms. The normalized spacial score (nSPS) is 15.6. The van der Waals surface area contributed by atoms with Crippen LogP contribution in [0.2, 0.25) is 0 Å². The second-order valence-electron chi connectivity index (χ2n) is 7.97. The molecule has 164 valence electrons. The zero-order chi connectivity index (χ0) is 22.1. The fourth-order valence-electron chi connectivity index (χ4n) is 4.29. The smallest absolute Gasteiger partial charge is 0.268 e. The summed E-state index contributed by atoms with van der Waals surface area (Å²) in [5.41, 5.74) is 2.59. The molecule has 0 atom stereocenters. The van der Waals surface area contributed by atoms with Gasteiger partial charge in [0.1, 0.15) is 22.2 Å². The molecule has 32 heavy (non-hydrogen) atoms. The number of hydrogen-bond acceptors (Lipinski definition) is 5. The number of rotatable bonds is 5. The molecule has 4 aromatic rings. The van der Waals surface area contributed by atoms with Crippen LogP contribution < -0.4 is 5.56 Å². The van der Waals surface area contributed by atoms with Crippen LogP contribution in [0.3, 0.4) is 0 Å². The number of aromatic amines is 1. The third-order valence-corrected chi connectivity index (χ3v) is 6.78. The average molecular weight is 453 g/mol. The largest absolute Gasteiger partial charge is 0.308 e. The molecule has 8 heteroatoms. The predicted molar refractivity (Wildman–Crippen MR) is 122 cm³/mol. The molecule has 3 heterocycles. The molecule has 1 aliphatic heterocycles. The van der Waals surface area contributed by atoms with Gasteiger partial charge in [-0.3, -0.25) is 14.6 Å². The van der Waals surface area contributed by atoms with Gasteiger partial charge in [0, 0.05) is 26.2 Å². The van der Waals surface area contributed by atoms with Gasteiger partial charge in [-0.25, -0.2) is 13.8 Å². The van der Waals surface area contributed by atoms with Gasteiger partial charge in [0.05, 0.1) is 18.1 Å². The molecule has 1 fully saturated rings. The Labute approximate surface area is 188 Å². The second kappa shape index (κ2) is 8.90. The zero-order valence-corrected chi connectivity index (χ0v) is 18.1. The first kappa shape index (κ1) is 20.9. The van der Waals surface area contributed by atoms with Crippen molar-refractivity contribution in [3.05, 3.63) is 98.9 Å². The van der Waals surface area contributed by atoms with Crippen molar-refractivity contribution in [1.82, 2.24) is 19.8 Å². The van der Waals surface area contributed by atoms with E-state index in [1.54, 1.807) is 24.3 Å². The molecule has 0 radical (unpaired) electrons. The SMILES string of the molecule is O=c1[nH]c(CN2CCN(C(c3ccc(F)cc3)c3ccc(F)cc3)CC2)nc2ccsc12. The Morgan fingerprint density at radius 1 is 0.906 bits per heavy atom. The maximum atomic E-state index is 13.5. The monoisotopic (exact) mass is 452 g/mol. The quantitative estimate of drug-likeness (QED) is 0.494. The summed E-state index contributed by atoms with van der Waals surface area (Å²) in [7, 11) is 0. The van der Waals surface area contributed by atoms with E-state index in [1.165, 1.54) is 35.6 Å². The molecule has 2 aromatic heterocycles. The van der Waals surface area contributed by atoms with E-state index in [9.17, 15) is 13.6 Å². The standard InChI is InChI=1S/C24H22F2N4OS/c25-18-5-1-16(2-6-18)22(17-3-7-19(26)8-4-17)30-12-10-29(11-13-30)15-21-27-20-9-14-32-23(20)24(31)28-21/h1-9,14,22H,10-13,15H2,(H,27,28,31). The van der Waals surface area contributed by atoms with Crippen LogP contribution in [0.25, 0.3) is 10.2 Å². The van der Waals surface area contributed by atoms with Crippen LogP contribution in [0.4, 0.5) is 8.78 Å². The van der Waals surface area contributed by atoms with Gasteiger partial charge in [-0.15, -0.1) is 11.3 Å². The number of thiophene rings is 1. The lowest BCUT2D eigenvalue weighted by molar-refractivity contribution is 0.103. The summed E-state index contributed by atoms with van der Waals surface area (Å²) in [6, 6.07) is 14.8. The number of H-pyrrole nitrogens is 1. The van der Waals surface area contributed by atoms with Crippen LogP contribution in [0.1, 0.15) is 23.0 Å². The Hall–Kier alpha value is -2.94. The van der Waals surface area contributed by atoms with E-state index in [0.29, 0.717) is 17.1 Å². The van der Waals surface area contributed by atoms with Crippen molar-refractivity contribution in [1.29, 1.82) is 0 Å².